The number of urea groups is 1. The van der Waals surface area contributed by atoms with E-state index in [0.29, 0.717) is 13.0 Å². The highest BCUT2D eigenvalue weighted by Crippen LogP contribution is 2.29. The molecule has 4 heteroatoms. The fraction of sp³-hybridized carbons (Fsp3) is 0.381. The van der Waals surface area contributed by atoms with E-state index in [4.69, 9.17) is 0 Å². The second kappa shape index (κ2) is 8.17. The van der Waals surface area contributed by atoms with Crippen molar-refractivity contribution in [2.45, 2.75) is 31.7 Å². The summed E-state index contributed by atoms with van der Waals surface area (Å²) < 4.78 is 0. The Kier molecular flexibility index (Phi) is 5.71. The van der Waals surface area contributed by atoms with Gasteiger partial charge in [0.05, 0.1) is 6.04 Å². The molecule has 0 spiro atoms. The number of aliphatic hydroxyl groups is 1. The van der Waals surface area contributed by atoms with Gasteiger partial charge in [0.2, 0.25) is 0 Å². The molecular weight excluding hydrogens is 312 g/mol. The van der Waals surface area contributed by atoms with Crippen LogP contribution >= 0.6 is 0 Å². The van der Waals surface area contributed by atoms with E-state index in [0.717, 1.165) is 18.5 Å². The van der Waals surface area contributed by atoms with Crippen molar-refractivity contribution in [2.75, 3.05) is 19.7 Å². The molecule has 0 aromatic heterocycles. The molecule has 1 aliphatic rings. The predicted molar refractivity (Wildman–Crippen MR) is 99.6 cm³/mol. The number of rotatable bonds is 5. The summed E-state index contributed by atoms with van der Waals surface area (Å²) in [5, 5.41) is 12.4. The summed E-state index contributed by atoms with van der Waals surface area (Å²) in [7, 11) is 0. The highest BCUT2D eigenvalue weighted by molar-refractivity contribution is 5.75. The first kappa shape index (κ1) is 17.5. The lowest BCUT2D eigenvalue weighted by molar-refractivity contribution is 0.173. The summed E-state index contributed by atoms with van der Waals surface area (Å²) in [4.78, 5) is 14.6. The van der Waals surface area contributed by atoms with Crippen molar-refractivity contribution >= 4 is 6.03 Å². The standard InChI is InChI=1S/C21H26N2O2/c1-16-20-10-6-5-9-18(20)11-13-23(16)21(25)22-15-19(12-14-24)17-7-3-2-4-8-17/h2-10,16,19,24H,11-15H2,1H3,(H,22,25). The Balaban J connectivity index is 1.64. The highest BCUT2D eigenvalue weighted by atomic mass is 16.3. The molecule has 0 aliphatic carbocycles. The smallest absolute Gasteiger partial charge is 0.317 e. The molecule has 0 bridgehead atoms. The normalized spacial score (nSPS) is 17.7. The molecule has 2 aromatic carbocycles. The van der Waals surface area contributed by atoms with Crippen LogP contribution in [-0.2, 0) is 6.42 Å². The van der Waals surface area contributed by atoms with Crippen molar-refractivity contribution in [1.82, 2.24) is 10.2 Å². The molecule has 2 amide bonds. The van der Waals surface area contributed by atoms with Gasteiger partial charge < -0.3 is 15.3 Å². The van der Waals surface area contributed by atoms with Crippen LogP contribution in [0, 0.1) is 0 Å². The average molecular weight is 338 g/mol. The molecule has 3 rings (SSSR count). The predicted octanol–water partition coefficient (Wildman–Crippen LogP) is 3.48. The van der Waals surface area contributed by atoms with Gasteiger partial charge in [-0.3, -0.25) is 0 Å². The van der Waals surface area contributed by atoms with Crippen LogP contribution in [0.15, 0.2) is 54.6 Å². The number of amides is 2. The molecule has 2 aromatic rings. The summed E-state index contributed by atoms with van der Waals surface area (Å²) in [6.07, 6.45) is 1.54. The first-order valence-electron chi connectivity index (χ1n) is 8.98. The third-order valence-corrected chi connectivity index (χ3v) is 5.10. The zero-order chi connectivity index (χ0) is 17.6. The minimum absolute atomic E-state index is 0.0270. The van der Waals surface area contributed by atoms with Gasteiger partial charge in [0.1, 0.15) is 0 Å². The lowest BCUT2D eigenvalue weighted by Crippen LogP contribution is -2.45. The van der Waals surface area contributed by atoms with Gasteiger partial charge in [-0.1, -0.05) is 54.6 Å². The maximum atomic E-state index is 12.7. The van der Waals surface area contributed by atoms with Crippen molar-refractivity contribution in [3.05, 3.63) is 71.3 Å². The molecule has 0 saturated heterocycles. The Bertz CT molecular complexity index is 702. The lowest BCUT2D eigenvalue weighted by Gasteiger charge is -2.35. The van der Waals surface area contributed by atoms with Crippen molar-refractivity contribution in [2.24, 2.45) is 0 Å². The molecule has 1 aliphatic heterocycles. The molecule has 0 saturated carbocycles. The molecule has 132 valence electrons. The molecule has 0 radical (unpaired) electrons. The van der Waals surface area contributed by atoms with Gasteiger partial charge in [-0.05, 0) is 36.5 Å². The first-order valence-corrected chi connectivity index (χ1v) is 8.98. The third-order valence-electron chi connectivity index (χ3n) is 5.10. The van der Waals surface area contributed by atoms with Gasteiger partial charge >= 0.3 is 6.03 Å². The van der Waals surface area contributed by atoms with Gasteiger partial charge in [0.25, 0.3) is 0 Å². The van der Waals surface area contributed by atoms with Crippen LogP contribution < -0.4 is 5.32 Å². The van der Waals surface area contributed by atoms with Crippen LogP contribution in [0.1, 0.15) is 42.0 Å². The minimum Gasteiger partial charge on any atom is -0.396 e. The van der Waals surface area contributed by atoms with Gasteiger partial charge in [0, 0.05) is 25.6 Å². The summed E-state index contributed by atoms with van der Waals surface area (Å²) in [6, 6.07) is 18.5. The van der Waals surface area contributed by atoms with Crippen molar-refractivity contribution in [1.29, 1.82) is 0 Å². The number of nitrogens with zero attached hydrogens (tertiary/aromatic N) is 1. The maximum absolute atomic E-state index is 12.7. The Morgan fingerprint density at radius 1 is 1.20 bits per heavy atom. The zero-order valence-corrected chi connectivity index (χ0v) is 14.7. The third kappa shape index (κ3) is 4.02. The zero-order valence-electron chi connectivity index (χ0n) is 14.7. The Morgan fingerprint density at radius 2 is 1.92 bits per heavy atom. The van der Waals surface area contributed by atoms with Crippen molar-refractivity contribution in [3.63, 3.8) is 0 Å². The number of nitrogens with one attached hydrogen (secondary N) is 1. The largest absolute Gasteiger partial charge is 0.396 e. The number of aliphatic hydroxyl groups excluding tert-OH is 1. The van der Waals surface area contributed by atoms with E-state index in [1.807, 2.05) is 41.3 Å². The van der Waals surface area contributed by atoms with E-state index in [2.05, 4.69) is 30.4 Å². The van der Waals surface area contributed by atoms with Crippen LogP contribution in [0.3, 0.4) is 0 Å². The van der Waals surface area contributed by atoms with E-state index in [-0.39, 0.29) is 24.6 Å². The van der Waals surface area contributed by atoms with E-state index in [9.17, 15) is 9.90 Å². The summed E-state index contributed by atoms with van der Waals surface area (Å²) in [6.45, 7) is 3.47. The van der Waals surface area contributed by atoms with Crippen molar-refractivity contribution < 1.29 is 9.90 Å². The second-order valence-corrected chi connectivity index (χ2v) is 6.62. The fourth-order valence-electron chi connectivity index (χ4n) is 3.63. The van der Waals surface area contributed by atoms with E-state index < -0.39 is 0 Å². The van der Waals surface area contributed by atoms with Crippen LogP contribution in [0.5, 0.6) is 0 Å². The molecule has 2 N–H and O–H groups in total. The summed E-state index contributed by atoms with van der Waals surface area (Å²) in [5.74, 6) is 0.127. The van der Waals surface area contributed by atoms with Crippen LogP contribution in [0.2, 0.25) is 0 Å². The second-order valence-electron chi connectivity index (χ2n) is 6.62. The van der Waals surface area contributed by atoms with Crippen LogP contribution in [0.25, 0.3) is 0 Å². The molecule has 2 unspecified atom stereocenters. The maximum Gasteiger partial charge on any atom is 0.317 e. The van der Waals surface area contributed by atoms with Crippen LogP contribution in [-0.4, -0.2) is 35.7 Å². The number of hydrogen-bond acceptors (Lipinski definition) is 2. The minimum atomic E-state index is -0.0270. The van der Waals surface area contributed by atoms with Gasteiger partial charge in [-0.15, -0.1) is 0 Å². The molecule has 0 fully saturated rings. The lowest BCUT2D eigenvalue weighted by atomic mass is 9.94. The highest BCUT2D eigenvalue weighted by Gasteiger charge is 2.27. The SMILES string of the molecule is CC1c2ccccc2CCN1C(=O)NCC(CCO)c1ccccc1. The van der Waals surface area contributed by atoms with E-state index in [1.54, 1.807) is 0 Å². The summed E-state index contributed by atoms with van der Waals surface area (Å²) >= 11 is 0. The van der Waals surface area contributed by atoms with Gasteiger partial charge in [-0.25, -0.2) is 4.79 Å². The Hall–Kier alpha value is -2.33. The average Bonchev–Trinajstić information content (AvgIpc) is 2.66. The van der Waals surface area contributed by atoms with Crippen LogP contribution in [0.4, 0.5) is 4.79 Å². The van der Waals surface area contributed by atoms with Gasteiger partial charge in [0.15, 0.2) is 0 Å². The number of carbonyl (C=O) groups is 1. The number of fused-ring (bicyclic) bond motifs is 1. The topological polar surface area (TPSA) is 52.6 Å². The fourth-order valence-corrected chi connectivity index (χ4v) is 3.63. The molecule has 1 heterocycles. The molecule has 2 atom stereocenters. The number of carbonyl (C=O) groups excluding carboxylic acids is 1. The monoisotopic (exact) mass is 338 g/mol. The Labute approximate surface area is 149 Å². The Morgan fingerprint density at radius 3 is 2.68 bits per heavy atom. The number of benzene rings is 2. The number of hydrogen-bond donors (Lipinski definition) is 2. The molecule has 25 heavy (non-hydrogen) atoms. The molecule has 4 nitrogen and oxygen atoms in total. The summed E-state index contributed by atoms with van der Waals surface area (Å²) in [5.41, 5.74) is 3.72. The molecular formula is C21H26N2O2. The quantitative estimate of drug-likeness (QED) is 0.877. The van der Waals surface area contributed by atoms with Crippen molar-refractivity contribution in [3.8, 4) is 0 Å². The van der Waals surface area contributed by atoms with Gasteiger partial charge in [-0.2, -0.15) is 0 Å². The van der Waals surface area contributed by atoms with E-state index in [1.165, 1.54) is 11.1 Å². The first-order chi connectivity index (χ1) is 12.2. The van der Waals surface area contributed by atoms with E-state index >= 15 is 0 Å².